The van der Waals surface area contributed by atoms with Gasteiger partial charge in [0.05, 0.1) is 0 Å². The molecule has 0 amide bonds. The van der Waals surface area contributed by atoms with E-state index in [-0.39, 0.29) is 5.97 Å². The van der Waals surface area contributed by atoms with Crippen LogP contribution < -0.4 is 0 Å². The second-order valence-corrected chi connectivity index (χ2v) is 2.59. The molecular weight excluding hydrogens is 164 g/mol. The molecule has 0 aromatic carbocycles. The third-order valence-electron chi connectivity index (χ3n) is 1.46. The summed E-state index contributed by atoms with van der Waals surface area (Å²) in [5, 5.41) is 0. The molecule has 0 aliphatic rings. The lowest BCUT2D eigenvalue weighted by Crippen LogP contribution is -2.04. The van der Waals surface area contributed by atoms with E-state index < -0.39 is 0 Å². The van der Waals surface area contributed by atoms with Crippen molar-refractivity contribution in [1.82, 2.24) is 0 Å². The molecule has 2 heteroatoms. The van der Waals surface area contributed by atoms with Gasteiger partial charge in [0.1, 0.15) is 6.61 Å². The van der Waals surface area contributed by atoms with E-state index in [4.69, 9.17) is 17.6 Å². The van der Waals surface area contributed by atoms with E-state index in [9.17, 15) is 4.79 Å². The number of unbranched alkanes of at least 4 members (excludes halogenated alkanes) is 2. The fraction of sp³-hybridized carbons (Fsp3) is 0.545. The average Bonchev–Trinajstić information content (AvgIpc) is 2.13. The van der Waals surface area contributed by atoms with Crippen molar-refractivity contribution in [2.75, 3.05) is 6.61 Å². The molecule has 0 saturated carbocycles. The van der Waals surface area contributed by atoms with Gasteiger partial charge >= 0.3 is 5.97 Å². The van der Waals surface area contributed by atoms with E-state index >= 15 is 0 Å². The molecule has 0 aromatic rings. The number of rotatable bonds is 6. The van der Waals surface area contributed by atoms with E-state index in [1.807, 2.05) is 0 Å². The molecule has 0 fully saturated rings. The zero-order valence-corrected chi connectivity index (χ0v) is 7.71. The molecule has 0 aliphatic heterocycles. The molecular formula is C11H14O2. The molecule has 2 nitrogen and oxygen atoms in total. The van der Waals surface area contributed by atoms with E-state index in [2.05, 4.69) is 11.8 Å². The summed E-state index contributed by atoms with van der Waals surface area (Å²) >= 11 is 0. The van der Waals surface area contributed by atoms with Crippen LogP contribution in [0.5, 0.6) is 0 Å². The number of ether oxygens (including phenoxy) is 1. The molecule has 0 bridgehead atoms. The van der Waals surface area contributed by atoms with Crippen molar-refractivity contribution in [3.63, 3.8) is 0 Å². The lowest BCUT2D eigenvalue weighted by atomic mass is 10.2. The predicted molar refractivity (Wildman–Crippen MR) is 51.7 cm³/mol. The monoisotopic (exact) mass is 178 g/mol. The summed E-state index contributed by atoms with van der Waals surface area (Å²) in [6.07, 6.45) is 13.4. The van der Waals surface area contributed by atoms with Gasteiger partial charge in [-0.05, 0) is 12.8 Å². The Kier molecular flexibility index (Phi) is 7.74. The lowest BCUT2D eigenvalue weighted by Gasteiger charge is -2.00. The summed E-state index contributed by atoms with van der Waals surface area (Å²) < 4.78 is 4.83. The first-order chi connectivity index (χ1) is 6.31. The standard InChI is InChI=1S/C11H14O2/c1-3-5-7-8-9-11(12)13-10-6-4-2/h1-2H,5-10H2. The van der Waals surface area contributed by atoms with Gasteiger partial charge in [0.2, 0.25) is 0 Å². The summed E-state index contributed by atoms with van der Waals surface area (Å²) in [7, 11) is 0. The van der Waals surface area contributed by atoms with Crippen molar-refractivity contribution in [1.29, 1.82) is 0 Å². The Morgan fingerprint density at radius 3 is 2.46 bits per heavy atom. The quantitative estimate of drug-likeness (QED) is 0.352. The van der Waals surface area contributed by atoms with Gasteiger partial charge in [-0.25, -0.2) is 0 Å². The van der Waals surface area contributed by atoms with Gasteiger partial charge in [0, 0.05) is 19.3 Å². The highest BCUT2D eigenvalue weighted by Gasteiger charge is 2.00. The number of terminal acetylenes is 2. The van der Waals surface area contributed by atoms with Crippen LogP contribution in [0.25, 0.3) is 0 Å². The van der Waals surface area contributed by atoms with Crippen LogP contribution in [0.1, 0.15) is 32.1 Å². The van der Waals surface area contributed by atoms with E-state index in [0.29, 0.717) is 19.4 Å². The van der Waals surface area contributed by atoms with Crippen LogP contribution in [0.2, 0.25) is 0 Å². The number of esters is 1. The molecule has 0 rings (SSSR count). The summed E-state index contributed by atoms with van der Waals surface area (Å²) in [4.78, 5) is 10.9. The van der Waals surface area contributed by atoms with Crippen LogP contribution in [0.4, 0.5) is 0 Å². The minimum absolute atomic E-state index is 0.188. The van der Waals surface area contributed by atoms with Crippen LogP contribution >= 0.6 is 0 Å². The second kappa shape index (κ2) is 8.68. The highest BCUT2D eigenvalue weighted by Crippen LogP contribution is 2.00. The Morgan fingerprint density at radius 1 is 1.15 bits per heavy atom. The fourth-order valence-electron chi connectivity index (χ4n) is 0.792. The number of carbonyl (C=O) groups is 1. The molecule has 0 N–H and O–H groups in total. The van der Waals surface area contributed by atoms with E-state index in [0.717, 1.165) is 19.3 Å². The molecule has 0 unspecified atom stereocenters. The molecule has 0 saturated heterocycles. The fourth-order valence-corrected chi connectivity index (χ4v) is 0.792. The second-order valence-electron chi connectivity index (χ2n) is 2.59. The van der Waals surface area contributed by atoms with Crippen LogP contribution in [0.3, 0.4) is 0 Å². The number of hydrogen-bond acceptors (Lipinski definition) is 2. The van der Waals surface area contributed by atoms with E-state index in [1.54, 1.807) is 0 Å². The zero-order chi connectivity index (χ0) is 9.94. The molecule has 70 valence electrons. The van der Waals surface area contributed by atoms with Crippen molar-refractivity contribution in [3.8, 4) is 24.7 Å². The highest BCUT2D eigenvalue weighted by molar-refractivity contribution is 5.69. The van der Waals surface area contributed by atoms with Gasteiger partial charge in [0.15, 0.2) is 0 Å². The van der Waals surface area contributed by atoms with Crippen molar-refractivity contribution in [2.45, 2.75) is 32.1 Å². The molecule has 0 heterocycles. The average molecular weight is 178 g/mol. The Balaban J connectivity index is 3.22. The van der Waals surface area contributed by atoms with Gasteiger partial charge in [-0.3, -0.25) is 4.79 Å². The highest BCUT2D eigenvalue weighted by atomic mass is 16.5. The first kappa shape index (κ1) is 11.6. The number of hydrogen-bond donors (Lipinski definition) is 0. The molecule has 13 heavy (non-hydrogen) atoms. The topological polar surface area (TPSA) is 26.3 Å². The van der Waals surface area contributed by atoms with Gasteiger partial charge in [0.25, 0.3) is 0 Å². The SMILES string of the molecule is C#CCCCCC(=O)OCCC#C. The third-order valence-corrected chi connectivity index (χ3v) is 1.46. The maximum Gasteiger partial charge on any atom is 0.305 e. The Labute approximate surface area is 79.7 Å². The smallest absolute Gasteiger partial charge is 0.305 e. The van der Waals surface area contributed by atoms with Crippen LogP contribution in [0, 0.1) is 24.7 Å². The molecule has 0 radical (unpaired) electrons. The Bertz CT molecular complexity index is 217. The third kappa shape index (κ3) is 8.50. The molecule has 0 aliphatic carbocycles. The Morgan fingerprint density at radius 2 is 1.85 bits per heavy atom. The van der Waals surface area contributed by atoms with Crippen molar-refractivity contribution in [2.24, 2.45) is 0 Å². The van der Waals surface area contributed by atoms with E-state index in [1.165, 1.54) is 0 Å². The normalized spacial score (nSPS) is 8.46. The summed E-state index contributed by atoms with van der Waals surface area (Å²) in [5.74, 6) is 4.72. The first-order valence-electron chi connectivity index (χ1n) is 4.33. The molecule has 0 atom stereocenters. The summed E-state index contributed by atoms with van der Waals surface area (Å²) in [5.41, 5.74) is 0. The Hall–Kier alpha value is -1.41. The number of carbonyl (C=O) groups excluding carboxylic acids is 1. The maximum atomic E-state index is 10.9. The first-order valence-corrected chi connectivity index (χ1v) is 4.33. The zero-order valence-electron chi connectivity index (χ0n) is 7.71. The van der Waals surface area contributed by atoms with Crippen LogP contribution in [0.15, 0.2) is 0 Å². The molecule has 0 aromatic heterocycles. The van der Waals surface area contributed by atoms with Gasteiger partial charge in [-0.1, -0.05) is 0 Å². The minimum Gasteiger partial charge on any atom is -0.465 e. The van der Waals surface area contributed by atoms with Crippen molar-refractivity contribution in [3.05, 3.63) is 0 Å². The van der Waals surface area contributed by atoms with Gasteiger partial charge in [-0.2, -0.15) is 0 Å². The largest absolute Gasteiger partial charge is 0.465 e. The maximum absolute atomic E-state index is 10.9. The van der Waals surface area contributed by atoms with Crippen LogP contribution in [-0.4, -0.2) is 12.6 Å². The summed E-state index contributed by atoms with van der Waals surface area (Å²) in [6.45, 7) is 0.324. The summed E-state index contributed by atoms with van der Waals surface area (Å²) in [6, 6.07) is 0. The minimum atomic E-state index is -0.188. The lowest BCUT2D eigenvalue weighted by molar-refractivity contribution is -0.143. The van der Waals surface area contributed by atoms with Crippen molar-refractivity contribution >= 4 is 5.97 Å². The predicted octanol–water partition coefficient (Wildman–Crippen LogP) is 1.75. The molecule has 0 spiro atoms. The van der Waals surface area contributed by atoms with Crippen LogP contribution in [-0.2, 0) is 9.53 Å². The van der Waals surface area contributed by atoms with Gasteiger partial charge < -0.3 is 4.74 Å². The van der Waals surface area contributed by atoms with Gasteiger partial charge in [-0.15, -0.1) is 24.7 Å². The van der Waals surface area contributed by atoms with Crippen molar-refractivity contribution < 1.29 is 9.53 Å².